The highest BCUT2D eigenvalue weighted by molar-refractivity contribution is 5.95. The van der Waals surface area contributed by atoms with Gasteiger partial charge >= 0.3 is 0 Å². The van der Waals surface area contributed by atoms with Gasteiger partial charge in [-0.25, -0.2) is 0 Å². The number of hydrogen-bond donors (Lipinski definition) is 2. The van der Waals surface area contributed by atoms with Crippen LogP contribution in [0.2, 0.25) is 0 Å². The molecule has 0 bridgehead atoms. The van der Waals surface area contributed by atoms with Gasteiger partial charge in [0, 0.05) is 12.2 Å². The maximum Gasteiger partial charge on any atom is 0.262 e. The van der Waals surface area contributed by atoms with E-state index >= 15 is 0 Å². The van der Waals surface area contributed by atoms with E-state index in [4.69, 9.17) is 9.47 Å². The molecule has 1 aliphatic heterocycles. The van der Waals surface area contributed by atoms with E-state index in [1.165, 1.54) is 0 Å². The van der Waals surface area contributed by atoms with E-state index < -0.39 is 6.10 Å². The zero-order chi connectivity index (χ0) is 19.9. The Kier molecular flexibility index (Phi) is 6.37. The number of para-hydroxylation sites is 2. The molecule has 1 aliphatic rings. The second-order valence-corrected chi connectivity index (χ2v) is 6.52. The van der Waals surface area contributed by atoms with Crippen LogP contribution in [0.25, 0.3) is 0 Å². The number of hydrogen-bond acceptors (Lipinski definition) is 5. The Bertz CT molecular complexity index is 823. The lowest BCUT2D eigenvalue weighted by Gasteiger charge is -2.35. The molecule has 2 aromatic carbocycles. The second-order valence-electron chi connectivity index (χ2n) is 6.52. The average Bonchev–Trinajstić information content (AvgIpc) is 2.72. The number of carbonyl (C=O) groups excluding carboxylic acids is 2. The van der Waals surface area contributed by atoms with E-state index in [0.717, 1.165) is 17.9 Å². The van der Waals surface area contributed by atoms with E-state index in [2.05, 4.69) is 10.6 Å². The Morgan fingerprint density at radius 2 is 1.93 bits per heavy atom. The van der Waals surface area contributed by atoms with Gasteiger partial charge in [-0.1, -0.05) is 19.1 Å². The molecular formula is C21H25N3O4. The molecule has 0 saturated carbocycles. The average molecular weight is 383 g/mol. The molecule has 28 heavy (non-hydrogen) atoms. The number of rotatable bonds is 7. The first-order chi connectivity index (χ1) is 13.6. The van der Waals surface area contributed by atoms with Gasteiger partial charge in [0.25, 0.3) is 5.91 Å². The summed E-state index contributed by atoms with van der Waals surface area (Å²) in [6.07, 6.45) is 0.193. The minimum absolute atomic E-state index is 0.115. The van der Waals surface area contributed by atoms with Gasteiger partial charge in [0.15, 0.2) is 6.10 Å². The minimum atomic E-state index is -0.657. The van der Waals surface area contributed by atoms with Crippen molar-refractivity contribution in [2.75, 3.05) is 37.0 Å². The molecule has 1 heterocycles. The highest BCUT2D eigenvalue weighted by atomic mass is 16.5. The van der Waals surface area contributed by atoms with Gasteiger partial charge in [-0.3, -0.25) is 9.59 Å². The third-order valence-corrected chi connectivity index (χ3v) is 4.41. The van der Waals surface area contributed by atoms with E-state index in [1.54, 1.807) is 31.4 Å². The van der Waals surface area contributed by atoms with Crippen LogP contribution in [0.1, 0.15) is 13.3 Å². The number of amides is 2. The fourth-order valence-electron chi connectivity index (χ4n) is 3.00. The van der Waals surface area contributed by atoms with Crippen molar-refractivity contribution in [2.45, 2.75) is 19.4 Å². The molecule has 0 saturated heterocycles. The van der Waals surface area contributed by atoms with Crippen LogP contribution >= 0.6 is 0 Å². The molecule has 148 valence electrons. The molecule has 2 aromatic rings. The largest absolute Gasteiger partial charge is 0.497 e. The topological polar surface area (TPSA) is 79.9 Å². The lowest BCUT2D eigenvalue weighted by atomic mass is 10.1. The number of nitrogens with one attached hydrogen (secondary N) is 2. The quantitative estimate of drug-likeness (QED) is 0.768. The van der Waals surface area contributed by atoms with Crippen molar-refractivity contribution in [3.05, 3.63) is 48.5 Å². The number of methoxy groups -OCH3 is 1. The fraction of sp³-hybridized carbons (Fsp3) is 0.333. The molecule has 0 fully saturated rings. The molecule has 0 unspecified atom stereocenters. The highest BCUT2D eigenvalue weighted by Gasteiger charge is 2.31. The first-order valence-corrected chi connectivity index (χ1v) is 9.33. The molecule has 0 radical (unpaired) electrons. The maximum absolute atomic E-state index is 12.6. The van der Waals surface area contributed by atoms with Crippen LogP contribution in [0.4, 0.5) is 11.4 Å². The van der Waals surface area contributed by atoms with Crippen LogP contribution < -0.4 is 25.0 Å². The predicted molar refractivity (Wildman–Crippen MR) is 108 cm³/mol. The van der Waals surface area contributed by atoms with Crippen LogP contribution in [0.3, 0.4) is 0 Å². The first-order valence-electron chi connectivity index (χ1n) is 9.33. The van der Waals surface area contributed by atoms with Gasteiger partial charge in [-0.05, 0) is 42.8 Å². The number of fused-ring (bicyclic) bond motifs is 1. The summed E-state index contributed by atoms with van der Waals surface area (Å²) in [5, 5.41) is 5.73. The van der Waals surface area contributed by atoms with E-state index in [0.29, 0.717) is 24.5 Å². The van der Waals surface area contributed by atoms with Gasteiger partial charge in [-0.2, -0.15) is 0 Å². The van der Waals surface area contributed by atoms with Crippen molar-refractivity contribution in [1.82, 2.24) is 5.32 Å². The van der Waals surface area contributed by atoms with Crippen molar-refractivity contribution in [3.8, 4) is 11.5 Å². The van der Waals surface area contributed by atoms with Gasteiger partial charge in [0.05, 0.1) is 25.9 Å². The van der Waals surface area contributed by atoms with Gasteiger partial charge in [0.2, 0.25) is 5.91 Å². The first kappa shape index (κ1) is 19.5. The Balaban J connectivity index is 1.69. The van der Waals surface area contributed by atoms with Gasteiger partial charge in [0.1, 0.15) is 11.5 Å². The van der Waals surface area contributed by atoms with E-state index in [9.17, 15) is 9.59 Å². The zero-order valence-corrected chi connectivity index (χ0v) is 16.1. The van der Waals surface area contributed by atoms with E-state index in [1.807, 2.05) is 36.1 Å². The van der Waals surface area contributed by atoms with Crippen LogP contribution in [-0.2, 0) is 9.59 Å². The van der Waals surface area contributed by atoms with Crippen LogP contribution in [0.15, 0.2) is 48.5 Å². The summed E-state index contributed by atoms with van der Waals surface area (Å²) >= 11 is 0. The van der Waals surface area contributed by atoms with Crippen LogP contribution in [-0.4, -0.2) is 44.7 Å². The molecule has 2 amide bonds. The fourth-order valence-corrected chi connectivity index (χ4v) is 3.00. The third-order valence-electron chi connectivity index (χ3n) is 4.41. The molecule has 1 atom stereocenters. The molecule has 0 aromatic heterocycles. The second kappa shape index (κ2) is 9.12. The lowest BCUT2D eigenvalue weighted by molar-refractivity contribution is -0.128. The van der Waals surface area contributed by atoms with Gasteiger partial charge in [-0.15, -0.1) is 0 Å². The monoisotopic (exact) mass is 383 g/mol. The molecule has 0 spiro atoms. The molecule has 7 heteroatoms. The number of anilines is 2. The van der Waals surface area contributed by atoms with Gasteiger partial charge < -0.3 is 25.0 Å². The Morgan fingerprint density at radius 1 is 1.18 bits per heavy atom. The van der Waals surface area contributed by atoms with E-state index in [-0.39, 0.29) is 18.4 Å². The predicted octanol–water partition coefficient (Wildman–Crippen LogP) is 2.43. The highest BCUT2D eigenvalue weighted by Crippen LogP contribution is 2.33. The standard InChI is InChI=1S/C21H25N3O4/c1-3-12-22-21(26)19-13-24(17-6-4-5-7-18(17)28-19)14-20(25)23-15-8-10-16(27-2)11-9-15/h4-11,19H,3,12-14H2,1-2H3,(H,22,26)(H,23,25)/t19-/m1/s1. The normalized spacial score (nSPS) is 15.2. The maximum atomic E-state index is 12.6. The van der Waals surface area contributed by atoms with Crippen LogP contribution in [0, 0.1) is 0 Å². The number of benzene rings is 2. The molecular weight excluding hydrogens is 358 g/mol. The lowest BCUT2D eigenvalue weighted by Crippen LogP contribution is -2.50. The Hall–Kier alpha value is -3.22. The summed E-state index contributed by atoms with van der Waals surface area (Å²) in [5.74, 6) is 0.982. The number of nitrogens with zero attached hydrogens (tertiary/aromatic N) is 1. The van der Waals surface area contributed by atoms with Crippen molar-refractivity contribution in [2.24, 2.45) is 0 Å². The SMILES string of the molecule is CCCNC(=O)[C@H]1CN(CC(=O)Nc2ccc(OC)cc2)c2ccccc2O1. The summed E-state index contributed by atoms with van der Waals surface area (Å²) in [4.78, 5) is 26.8. The zero-order valence-electron chi connectivity index (χ0n) is 16.1. The summed E-state index contributed by atoms with van der Waals surface area (Å²) in [7, 11) is 1.59. The number of carbonyl (C=O) groups is 2. The smallest absolute Gasteiger partial charge is 0.262 e. The van der Waals surface area contributed by atoms with Crippen molar-refractivity contribution in [1.29, 1.82) is 0 Å². The molecule has 2 N–H and O–H groups in total. The third kappa shape index (κ3) is 4.73. The van der Waals surface area contributed by atoms with Crippen molar-refractivity contribution < 1.29 is 19.1 Å². The molecule has 0 aliphatic carbocycles. The molecule has 7 nitrogen and oxygen atoms in total. The Morgan fingerprint density at radius 3 is 2.64 bits per heavy atom. The van der Waals surface area contributed by atoms with Crippen molar-refractivity contribution in [3.63, 3.8) is 0 Å². The molecule has 3 rings (SSSR count). The van der Waals surface area contributed by atoms with Crippen LogP contribution in [0.5, 0.6) is 11.5 Å². The van der Waals surface area contributed by atoms with Crippen molar-refractivity contribution >= 4 is 23.2 Å². The summed E-state index contributed by atoms with van der Waals surface area (Å²) in [6.45, 7) is 3.01. The number of ether oxygens (including phenoxy) is 2. The summed E-state index contributed by atoms with van der Waals surface area (Å²) in [6, 6.07) is 14.6. The minimum Gasteiger partial charge on any atom is -0.497 e. The summed E-state index contributed by atoms with van der Waals surface area (Å²) in [5.41, 5.74) is 1.48. The summed E-state index contributed by atoms with van der Waals surface area (Å²) < 4.78 is 11.0. The Labute approximate surface area is 164 Å².